The van der Waals surface area contributed by atoms with E-state index < -0.39 is 6.10 Å². The topological polar surface area (TPSA) is 84.6 Å². The van der Waals surface area contributed by atoms with Crippen molar-refractivity contribution in [1.29, 1.82) is 0 Å². The van der Waals surface area contributed by atoms with Gasteiger partial charge in [0, 0.05) is 19.1 Å². The summed E-state index contributed by atoms with van der Waals surface area (Å²) < 4.78 is 10.2. The SMILES string of the molecule is CO[C@@H]1CC[C@@H](NC(=O)CCc2c(C)noc2C)[C@H]1O. The van der Waals surface area contributed by atoms with Crippen LogP contribution in [0.5, 0.6) is 0 Å². The van der Waals surface area contributed by atoms with Crippen LogP contribution in [0.25, 0.3) is 0 Å². The van der Waals surface area contributed by atoms with E-state index in [9.17, 15) is 9.90 Å². The second-order valence-electron chi connectivity index (χ2n) is 5.32. The smallest absolute Gasteiger partial charge is 0.220 e. The summed E-state index contributed by atoms with van der Waals surface area (Å²) in [5.74, 6) is 0.696. The summed E-state index contributed by atoms with van der Waals surface area (Å²) in [6, 6.07) is -0.211. The highest BCUT2D eigenvalue weighted by molar-refractivity contribution is 5.76. The fourth-order valence-corrected chi connectivity index (χ4v) is 2.74. The molecule has 1 aliphatic carbocycles. The van der Waals surface area contributed by atoms with E-state index in [2.05, 4.69) is 10.5 Å². The molecule has 0 aromatic carbocycles. The highest BCUT2D eigenvalue weighted by atomic mass is 16.5. The molecule has 0 radical (unpaired) electrons. The van der Waals surface area contributed by atoms with Crippen molar-refractivity contribution in [3.63, 3.8) is 0 Å². The van der Waals surface area contributed by atoms with Crippen LogP contribution >= 0.6 is 0 Å². The maximum atomic E-state index is 11.9. The van der Waals surface area contributed by atoms with Crippen molar-refractivity contribution in [3.05, 3.63) is 17.0 Å². The number of aryl methyl sites for hydroxylation is 2. The lowest BCUT2D eigenvalue weighted by Crippen LogP contribution is -2.43. The Morgan fingerprint density at radius 2 is 2.25 bits per heavy atom. The zero-order valence-corrected chi connectivity index (χ0v) is 12.2. The minimum absolute atomic E-state index is 0.0641. The van der Waals surface area contributed by atoms with E-state index in [-0.39, 0.29) is 18.1 Å². The Morgan fingerprint density at radius 3 is 2.80 bits per heavy atom. The molecule has 1 aromatic rings. The molecule has 1 saturated carbocycles. The molecule has 3 atom stereocenters. The normalized spacial score (nSPS) is 25.9. The Hall–Kier alpha value is -1.40. The molecule has 20 heavy (non-hydrogen) atoms. The number of nitrogens with zero attached hydrogens (tertiary/aromatic N) is 1. The summed E-state index contributed by atoms with van der Waals surface area (Å²) in [6.07, 6.45) is 1.68. The van der Waals surface area contributed by atoms with Crippen molar-refractivity contribution in [2.24, 2.45) is 0 Å². The number of aromatic nitrogens is 1. The van der Waals surface area contributed by atoms with Gasteiger partial charge in [-0.15, -0.1) is 0 Å². The van der Waals surface area contributed by atoms with E-state index in [0.717, 1.165) is 29.9 Å². The first-order valence-electron chi connectivity index (χ1n) is 6.95. The average Bonchev–Trinajstić information content (AvgIpc) is 2.92. The predicted octanol–water partition coefficient (Wildman–Crippen LogP) is 0.879. The molecule has 2 rings (SSSR count). The number of carbonyl (C=O) groups excluding carboxylic acids is 1. The van der Waals surface area contributed by atoms with Crippen LogP contribution in [0.15, 0.2) is 4.52 Å². The zero-order chi connectivity index (χ0) is 14.7. The third-order valence-corrected chi connectivity index (χ3v) is 3.99. The highest BCUT2D eigenvalue weighted by Gasteiger charge is 2.35. The molecule has 1 aliphatic rings. The molecule has 0 bridgehead atoms. The van der Waals surface area contributed by atoms with E-state index in [0.29, 0.717) is 12.8 Å². The lowest BCUT2D eigenvalue weighted by molar-refractivity contribution is -0.122. The van der Waals surface area contributed by atoms with Gasteiger partial charge in [0.25, 0.3) is 0 Å². The number of aliphatic hydroxyl groups is 1. The van der Waals surface area contributed by atoms with Gasteiger partial charge in [0.1, 0.15) is 11.9 Å². The fourth-order valence-electron chi connectivity index (χ4n) is 2.74. The molecule has 1 amide bonds. The first kappa shape index (κ1) is 15.0. The van der Waals surface area contributed by atoms with Gasteiger partial charge >= 0.3 is 0 Å². The summed E-state index contributed by atoms with van der Waals surface area (Å²) in [7, 11) is 1.58. The number of methoxy groups -OCH3 is 1. The molecule has 1 aromatic heterocycles. The third-order valence-electron chi connectivity index (χ3n) is 3.99. The van der Waals surface area contributed by atoms with Gasteiger partial charge in [-0.25, -0.2) is 0 Å². The minimum atomic E-state index is -0.622. The molecule has 1 fully saturated rings. The minimum Gasteiger partial charge on any atom is -0.388 e. The summed E-state index contributed by atoms with van der Waals surface area (Å²) in [5, 5.41) is 16.7. The van der Waals surface area contributed by atoms with Crippen LogP contribution in [0.4, 0.5) is 0 Å². The lowest BCUT2D eigenvalue weighted by Gasteiger charge is -2.19. The van der Waals surface area contributed by atoms with Crippen molar-refractivity contribution < 1.29 is 19.2 Å². The summed E-state index contributed by atoms with van der Waals surface area (Å²) in [4.78, 5) is 11.9. The van der Waals surface area contributed by atoms with E-state index in [4.69, 9.17) is 9.26 Å². The predicted molar refractivity (Wildman–Crippen MR) is 72.3 cm³/mol. The summed E-state index contributed by atoms with van der Waals surface area (Å²) in [5.41, 5.74) is 1.82. The van der Waals surface area contributed by atoms with Crippen molar-refractivity contribution in [3.8, 4) is 0 Å². The molecule has 112 valence electrons. The number of nitrogens with one attached hydrogen (secondary N) is 1. The standard InChI is InChI=1S/C14H22N2O4/c1-8-10(9(2)20-16-8)4-7-13(17)15-11-5-6-12(19-3)14(11)18/h11-12,14,18H,4-7H2,1-3H3,(H,15,17)/t11-,12-,14-/m1/s1. The Morgan fingerprint density at radius 1 is 1.50 bits per heavy atom. The maximum Gasteiger partial charge on any atom is 0.220 e. The summed E-state index contributed by atoms with van der Waals surface area (Å²) >= 11 is 0. The molecule has 6 heteroatoms. The molecule has 2 N–H and O–H groups in total. The highest BCUT2D eigenvalue weighted by Crippen LogP contribution is 2.22. The molecular formula is C14H22N2O4. The van der Waals surface area contributed by atoms with E-state index >= 15 is 0 Å². The van der Waals surface area contributed by atoms with E-state index in [1.807, 2.05) is 13.8 Å². The van der Waals surface area contributed by atoms with Crippen LogP contribution in [-0.2, 0) is 16.0 Å². The Labute approximate surface area is 118 Å². The average molecular weight is 282 g/mol. The van der Waals surface area contributed by atoms with Crippen LogP contribution in [0, 0.1) is 13.8 Å². The van der Waals surface area contributed by atoms with Gasteiger partial charge in [-0.2, -0.15) is 0 Å². The van der Waals surface area contributed by atoms with Crippen molar-refractivity contribution in [2.75, 3.05) is 7.11 Å². The van der Waals surface area contributed by atoms with Crippen LogP contribution in [-0.4, -0.2) is 41.5 Å². The van der Waals surface area contributed by atoms with Crippen LogP contribution in [0.1, 0.15) is 36.3 Å². The first-order chi connectivity index (χ1) is 9.52. The number of aliphatic hydroxyl groups excluding tert-OH is 1. The molecule has 1 heterocycles. The Bertz CT molecular complexity index is 452. The molecule has 0 aliphatic heterocycles. The number of carbonyl (C=O) groups is 1. The Kier molecular flexibility index (Phi) is 4.77. The molecule has 6 nitrogen and oxygen atoms in total. The van der Waals surface area contributed by atoms with Crippen LogP contribution < -0.4 is 5.32 Å². The molecule has 0 spiro atoms. The quantitative estimate of drug-likeness (QED) is 0.837. The van der Waals surface area contributed by atoms with Crippen LogP contribution in [0.3, 0.4) is 0 Å². The first-order valence-corrected chi connectivity index (χ1v) is 6.95. The van der Waals surface area contributed by atoms with Gasteiger partial charge in [-0.05, 0) is 33.1 Å². The van der Waals surface area contributed by atoms with Gasteiger partial charge in [0.05, 0.1) is 17.8 Å². The lowest BCUT2D eigenvalue weighted by atomic mass is 10.1. The second kappa shape index (κ2) is 6.37. The maximum absolute atomic E-state index is 11.9. The molecular weight excluding hydrogens is 260 g/mol. The number of hydrogen-bond acceptors (Lipinski definition) is 5. The van der Waals surface area contributed by atoms with Crippen molar-refractivity contribution >= 4 is 5.91 Å². The summed E-state index contributed by atoms with van der Waals surface area (Å²) in [6.45, 7) is 3.71. The molecule has 0 unspecified atom stereocenters. The number of hydrogen-bond donors (Lipinski definition) is 2. The van der Waals surface area contributed by atoms with E-state index in [1.165, 1.54) is 0 Å². The number of amides is 1. The Balaban J connectivity index is 1.82. The fraction of sp³-hybridized carbons (Fsp3) is 0.714. The van der Waals surface area contributed by atoms with Crippen molar-refractivity contribution in [2.45, 2.75) is 57.8 Å². The number of rotatable bonds is 5. The largest absolute Gasteiger partial charge is 0.388 e. The van der Waals surface area contributed by atoms with Gasteiger partial charge in [0.15, 0.2) is 0 Å². The van der Waals surface area contributed by atoms with Gasteiger partial charge < -0.3 is 19.7 Å². The number of ether oxygens (including phenoxy) is 1. The monoisotopic (exact) mass is 282 g/mol. The third kappa shape index (κ3) is 3.19. The molecule has 0 saturated heterocycles. The van der Waals surface area contributed by atoms with Crippen LogP contribution in [0.2, 0.25) is 0 Å². The van der Waals surface area contributed by atoms with Gasteiger partial charge in [0.2, 0.25) is 5.91 Å². The van der Waals surface area contributed by atoms with E-state index in [1.54, 1.807) is 7.11 Å². The van der Waals surface area contributed by atoms with Gasteiger partial charge in [-0.3, -0.25) is 4.79 Å². The van der Waals surface area contributed by atoms with Gasteiger partial charge in [-0.1, -0.05) is 5.16 Å². The van der Waals surface area contributed by atoms with Crippen molar-refractivity contribution in [1.82, 2.24) is 10.5 Å². The zero-order valence-electron chi connectivity index (χ0n) is 12.2. The second-order valence-corrected chi connectivity index (χ2v) is 5.32.